The van der Waals surface area contributed by atoms with Gasteiger partial charge in [0.15, 0.2) is 0 Å². The number of halogens is 1. The van der Waals surface area contributed by atoms with Gasteiger partial charge >= 0.3 is 0 Å². The zero-order valence-corrected chi connectivity index (χ0v) is 18.4. The number of amides is 2. The zero-order chi connectivity index (χ0) is 21.5. The van der Waals surface area contributed by atoms with Crippen molar-refractivity contribution in [3.05, 3.63) is 76.0 Å². The van der Waals surface area contributed by atoms with E-state index in [-0.39, 0.29) is 11.8 Å². The summed E-state index contributed by atoms with van der Waals surface area (Å²) in [4.78, 5) is 25.1. The Morgan fingerprint density at radius 1 is 1.13 bits per heavy atom. The van der Waals surface area contributed by atoms with Gasteiger partial charge < -0.3 is 15.4 Å². The van der Waals surface area contributed by atoms with E-state index < -0.39 is 0 Å². The van der Waals surface area contributed by atoms with Gasteiger partial charge in [0.2, 0.25) is 0 Å². The molecule has 8 heteroatoms. The summed E-state index contributed by atoms with van der Waals surface area (Å²) in [5, 5.41) is 9.68. The van der Waals surface area contributed by atoms with Gasteiger partial charge in [0.05, 0.1) is 11.9 Å². The van der Waals surface area contributed by atoms with E-state index >= 15 is 0 Å². The van der Waals surface area contributed by atoms with Gasteiger partial charge in [-0.2, -0.15) is 5.10 Å². The van der Waals surface area contributed by atoms with Crippen LogP contribution < -0.4 is 15.4 Å². The Balaban J connectivity index is 1.68. The Morgan fingerprint density at radius 2 is 1.90 bits per heavy atom. The number of hydrogen-bond donors (Lipinski definition) is 2. The van der Waals surface area contributed by atoms with E-state index in [0.29, 0.717) is 30.1 Å². The van der Waals surface area contributed by atoms with E-state index in [1.807, 2.05) is 37.3 Å². The highest BCUT2D eigenvalue weighted by molar-refractivity contribution is 9.10. The molecule has 0 aliphatic rings. The van der Waals surface area contributed by atoms with Crippen molar-refractivity contribution in [1.82, 2.24) is 15.1 Å². The maximum atomic E-state index is 12.8. The molecule has 1 heterocycles. The maximum absolute atomic E-state index is 12.8. The fraction of sp³-hybridized carbons (Fsp3) is 0.227. The first kappa shape index (κ1) is 21.6. The number of carbonyl (C=O) groups is 2. The molecule has 0 aliphatic heterocycles. The van der Waals surface area contributed by atoms with Crippen LogP contribution in [0.25, 0.3) is 0 Å². The van der Waals surface area contributed by atoms with E-state index in [0.717, 1.165) is 22.2 Å². The lowest BCUT2D eigenvalue weighted by Gasteiger charge is -2.10. The number of anilines is 1. The Kier molecular flexibility index (Phi) is 7.24. The summed E-state index contributed by atoms with van der Waals surface area (Å²) < 4.78 is 8.20. The van der Waals surface area contributed by atoms with Crippen molar-refractivity contribution in [1.29, 1.82) is 0 Å². The maximum Gasteiger partial charge on any atom is 0.271 e. The van der Waals surface area contributed by atoms with E-state index in [1.54, 1.807) is 25.2 Å². The van der Waals surface area contributed by atoms with Gasteiger partial charge in [-0.1, -0.05) is 35.0 Å². The lowest BCUT2D eigenvalue weighted by molar-refractivity contribution is 0.0945. The Bertz CT molecular complexity index is 1030. The van der Waals surface area contributed by atoms with Gasteiger partial charge in [-0.3, -0.25) is 14.3 Å². The molecule has 0 saturated carbocycles. The van der Waals surface area contributed by atoms with Gasteiger partial charge in [-0.15, -0.1) is 0 Å². The zero-order valence-electron chi connectivity index (χ0n) is 16.8. The highest BCUT2D eigenvalue weighted by atomic mass is 79.9. The van der Waals surface area contributed by atoms with Crippen LogP contribution in [0.4, 0.5) is 5.69 Å². The van der Waals surface area contributed by atoms with E-state index in [2.05, 4.69) is 31.7 Å². The summed E-state index contributed by atoms with van der Waals surface area (Å²) >= 11 is 3.39. The number of nitrogens with zero attached hydrogens (tertiary/aromatic N) is 2. The molecule has 2 N–H and O–H groups in total. The summed E-state index contributed by atoms with van der Waals surface area (Å²) in [5.74, 6) is 0.146. The van der Waals surface area contributed by atoms with Crippen molar-refractivity contribution in [3.8, 4) is 5.75 Å². The SMILES string of the molecule is CCCNC(=O)c1c(NC(=O)c2cccc(COc3ccc(Br)cc3)c2)cnn1C. The summed E-state index contributed by atoms with van der Waals surface area (Å²) in [6.45, 7) is 2.86. The largest absolute Gasteiger partial charge is 0.489 e. The van der Waals surface area contributed by atoms with Gasteiger partial charge in [0.1, 0.15) is 18.1 Å². The van der Waals surface area contributed by atoms with Crippen LogP contribution in [0.5, 0.6) is 5.75 Å². The van der Waals surface area contributed by atoms with Gasteiger partial charge in [-0.25, -0.2) is 0 Å². The van der Waals surface area contributed by atoms with Crippen LogP contribution in [0.1, 0.15) is 39.8 Å². The lowest BCUT2D eigenvalue weighted by Crippen LogP contribution is -2.27. The van der Waals surface area contributed by atoms with Crippen molar-refractivity contribution in [3.63, 3.8) is 0 Å². The van der Waals surface area contributed by atoms with Gasteiger partial charge in [-0.05, 0) is 48.4 Å². The Labute approximate surface area is 183 Å². The standard InChI is InChI=1S/C22H23BrN4O3/c1-3-11-24-22(29)20-19(13-25-27(20)2)26-21(28)16-6-4-5-15(12-16)14-30-18-9-7-17(23)8-10-18/h4-10,12-13H,3,11,14H2,1-2H3,(H,24,29)(H,26,28). The summed E-state index contributed by atoms with van der Waals surface area (Å²) in [6.07, 6.45) is 2.29. The second kappa shape index (κ2) is 10.1. The molecule has 30 heavy (non-hydrogen) atoms. The Morgan fingerprint density at radius 3 is 2.63 bits per heavy atom. The van der Waals surface area contributed by atoms with E-state index in [1.165, 1.54) is 10.9 Å². The van der Waals surface area contributed by atoms with Crippen molar-refractivity contribution in [2.45, 2.75) is 20.0 Å². The fourth-order valence-electron chi connectivity index (χ4n) is 2.81. The first-order valence-electron chi connectivity index (χ1n) is 9.56. The monoisotopic (exact) mass is 470 g/mol. The van der Waals surface area contributed by atoms with Crippen molar-refractivity contribution < 1.29 is 14.3 Å². The first-order valence-corrected chi connectivity index (χ1v) is 10.4. The van der Waals surface area contributed by atoms with E-state index in [9.17, 15) is 9.59 Å². The minimum Gasteiger partial charge on any atom is -0.489 e. The molecule has 2 aromatic carbocycles. The summed E-state index contributed by atoms with van der Waals surface area (Å²) in [7, 11) is 1.66. The number of benzene rings is 2. The third-order valence-corrected chi connectivity index (χ3v) is 4.87. The third kappa shape index (κ3) is 5.48. The van der Waals surface area contributed by atoms with Crippen molar-refractivity contribution in [2.24, 2.45) is 7.05 Å². The minimum absolute atomic E-state index is 0.274. The molecular weight excluding hydrogens is 448 g/mol. The second-order valence-electron chi connectivity index (χ2n) is 6.68. The molecule has 0 bridgehead atoms. The van der Waals surface area contributed by atoms with Crippen LogP contribution in [-0.2, 0) is 13.7 Å². The van der Waals surface area contributed by atoms with Crippen LogP contribution in [-0.4, -0.2) is 28.1 Å². The molecule has 0 atom stereocenters. The van der Waals surface area contributed by atoms with Crippen LogP contribution in [0.15, 0.2) is 59.2 Å². The number of aromatic nitrogens is 2. The molecule has 0 unspecified atom stereocenters. The van der Waals surface area contributed by atoms with Crippen LogP contribution in [0.3, 0.4) is 0 Å². The van der Waals surface area contributed by atoms with Crippen LogP contribution in [0, 0.1) is 0 Å². The van der Waals surface area contributed by atoms with Crippen LogP contribution in [0.2, 0.25) is 0 Å². The predicted octanol–water partition coefficient (Wildman–Crippen LogP) is 4.15. The molecular formula is C22H23BrN4O3. The van der Waals surface area contributed by atoms with Gasteiger partial charge in [0.25, 0.3) is 11.8 Å². The molecule has 3 rings (SSSR count). The highest BCUT2D eigenvalue weighted by Crippen LogP contribution is 2.19. The average molecular weight is 471 g/mol. The number of rotatable bonds is 8. The molecule has 0 radical (unpaired) electrons. The third-order valence-electron chi connectivity index (χ3n) is 4.35. The highest BCUT2D eigenvalue weighted by Gasteiger charge is 2.19. The number of aryl methyl sites for hydroxylation is 1. The molecule has 7 nitrogen and oxygen atoms in total. The fourth-order valence-corrected chi connectivity index (χ4v) is 3.08. The van der Waals surface area contributed by atoms with Crippen LogP contribution >= 0.6 is 15.9 Å². The normalized spacial score (nSPS) is 10.5. The van der Waals surface area contributed by atoms with Gasteiger partial charge in [0, 0.05) is 23.6 Å². The van der Waals surface area contributed by atoms with Crippen molar-refractivity contribution in [2.75, 3.05) is 11.9 Å². The van der Waals surface area contributed by atoms with E-state index in [4.69, 9.17) is 4.74 Å². The quantitative estimate of drug-likeness (QED) is 0.517. The van der Waals surface area contributed by atoms with Crippen molar-refractivity contribution >= 4 is 33.4 Å². The predicted molar refractivity (Wildman–Crippen MR) is 119 cm³/mol. The summed E-state index contributed by atoms with van der Waals surface area (Å²) in [5.41, 5.74) is 2.01. The molecule has 3 aromatic rings. The smallest absolute Gasteiger partial charge is 0.271 e. The molecule has 0 fully saturated rings. The number of carbonyl (C=O) groups excluding carboxylic acids is 2. The number of nitrogens with one attached hydrogen (secondary N) is 2. The number of hydrogen-bond acceptors (Lipinski definition) is 4. The molecule has 1 aromatic heterocycles. The topological polar surface area (TPSA) is 85.2 Å². The Hall–Kier alpha value is -3.13. The first-order chi connectivity index (χ1) is 14.5. The number of ether oxygens (including phenoxy) is 1. The molecule has 2 amide bonds. The second-order valence-corrected chi connectivity index (χ2v) is 7.60. The molecule has 0 aliphatic carbocycles. The lowest BCUT2D eigenvalue weighted by atomic mass is 10.1. The average Bonchev–Trinajstić information content (AvgIpc) is 3.11. The molecule has 156 valence electrons. The minimum atomic E-state index is -0.321. The molecule has 0 spiro atoms. The molecule has 0 saturated heterocycles. The summed E-state index contributed by atoms with van der Waals surface area (Å²) in [6, 6.07) is 14.7.